The number of anilines is 1. The van der Waals surface area contributed by atoms with E-state index in [2.05, 4.69) is 15.0 Å². The molecule has 2 aromatic heterocycles. The zero-order chi connectivity index (χ0) is 25.2. The summed E-state index contributed by atoms with van der Waals surface area (Å²) >= 11 is 0. The van der Waals surface area contributed by atoms with E-state index in [-0.39, 0.29) is 29.0 Å². The Kier molecular flexibility index (Phi) is 5.98. The summed E-state index contributed by atoms with van der Waals surface area (Å²) in [5.41, 5.74) is -0.161. The van der Waals surface area contributed by atoms with Crippen LogP contribution < -0.4 is 16.1 Å². The quantitative estimate of drug-likeness (QED) is 0.328. The number of non-ortho nitro benzene ring substituents is 1. The fraction of sp³-hybridized carbons (Fsp3) is 0.208. The molecule has 4 aromatic rings. The standard InChI is InChI=1S/C24H21N7O5/c32-21-19-14-18(31(35)36)5-6-20(19)30(24(34)27-21)15-16-3-1-4-17(13-16)22(33)28-9-11-29(12-10-28)23-25-7-2-8-26-23/h1-8,13-14H,9-12,15H2,(H,27,32,34). The van der Waals surface area contributed by atoms with Crippen molar-refractivity contribution in [2.45, 2.75) is 6.54 Å². The van der Waals surface area contributed by atoms with Gasteiger partial charge in [0.15, 0.2) is 0 Å². The lowest BCUT2D eigenvalue weighted by Gasteiger charge is -2.34. The van der Waals surface area contributed by atoms with Gasteiger partial charge in [0.25, 0.3) is 17.2 Å². The predicted octanol–water partition coefficient (Wildman–Crippen LogP) is 1.40. The van der Waals surface area contributed by atoms with Crippen LogP contribution in [0.15, 0.2) is 70.5 Å². The number of hydrogen-bond donors (Lipinski definition) is 1. The largest absolute Gasteiger partial charge is 0.337 e. The number of piperazine rings is 1. The molecule has 3 heterocycles. The molecule has 5 rings (SSSR count). The van der Waals surface area contributed by atoms with Crippen molar-refractivity contribution in [3.8, 4) is 0 Å². The van der Waals surface area contributed by atoms with Crippen LogP contribution in [-0.4, -0.2) is 61.4 Å². The Morgan fingerprint density at radius 3 is 2.47 bits per heavy atom. The second-order valence-corrected chi connectivity index (χ2v) is 8.33. The number of aromatic amines is 1. The number of aromatic nitrogens is 4. The van der Waals surface area contributed by atoms with Crippen molar-refractivity contribution in [1.29, 1.82) is 0 Å². The highest BCUT2D eigenvalue weighted by Gasteiger charge is 2.23. The summed E-state index contributed by atoms with van der Waals surface area (Å²) in [7, 11) is 0. The first-order valence-electron chi connectivity index (χ1n) is 11.2. The lowest BCUT2D eigenvalue weighted by atomic mass is 10.1. The predicted molar refractivity (Wildman–Crippen MR) is 131 cm³/mol. The fourth-order valence-corrected chi connectivity index (χ4v) is 4.29. The van der Waals surface area contributed by atoms with Crippen molar-refractivity contribution in [2.75, 3.05) is 31.1 Å². The van der Waals surface area contributed by atoms with Gasteiger partial charge in [-0.1, -0.05) is 12.1 Å². The number of H-pyrrole nitrogens is 1. The van der Waals surface area contributed by atoms with Gasteiger partial charge in [-0.05, 0) is 29.8 Å². The number of nitro benzene ring substituents is 1. The maximum Gasteiger partial charge on any atom is 0.329 e. The number of fused-ring (bicyclic) bond motifs is 1. The third-order valence-corrected chi connectivity index (χ3v) is 6.11. The second kappa shape index (κ2) is 9.41. The highest BCUT2D eigenvalue weighted by Crippen LogP contribution is 2.19. The molecule has 12 heteroatoms. The molecule has 1 aliphatic heterocycles. The number of nitrogens with one attached hydrogen (secondary N) is 1. The van der Waals surface area contributed by atoms with Crippen LogP contribution in [0.5, 0.6) is 0 Å². The Hall–Kier alpha value is -4.87. The van der Waals surface area contributed by atoms with E-state index in [1.807, 2.05) is 4.90 Å². The van der Waals surface area contributed by atoms with Gasteiger partial charge in [0.05, 0.1) is 22.4 Å². The zero-order valence-electron chi connectivity index (χ0n) is 19.0. The monoisotopic (exact) mass is 487 g/mol. The molecule has 2 aromatic carbocycles. The van der Waals surface area contributed by atoms with Crippen LogP contribution >= 0.6 is 0 Å². The molecule has 0 radical (unpaired) electrons. The molecule has 0 saturated carbocycles. The number of hydrogen-bond acceptors (Lipinski definition) is 8. The van der Waals surface area contributed by atoms with Gasteiger partial charge in [-0.25, -0.2) is 14.8 Å². The van der Waals surface area contributed by atoms with Crippen molar-refractivity contribution >= 4 is 28.4 Å². The van der Waals surface area contributed by atoms with E-state index in [0.29, 0.717) is 43.3 Å². The normalized spacial score (nSPS) is 13.7. The fourth-order valence-electron chi connectivity index (χ4n) is 4.29. The number of carbonyl (C=O) groups excluding carboxylic acids is 1. The number of amides is 1. The first-order chi connectivity index (χ1) is 17.4. The number of rotatable bonds is 5. The van der Waals surface area contributed by atoms with Crippen LogP contribution in [0.4, 0.5) is 11.6 Å². The van der Waals surface area contributed by atoms with Crippen molar-refractivity contribution in [3.05, 3.63) is 103 Å². The smallest absolute Gasteiger partial charge is 0.329 e. The Labute approximate surface area is 203 Å². The van der Waals surface area contributed by atoms with E-state index in [4.69, 9.17) is 0 Å². The molecular formula is C24H21N7O5. The summed E-state index contributed by atoms with van der Waals surface area (Å²) < 4.78 is 1.32. The van der Waals surface area contributed by atoms with Crippen LogP contribution in [-0.2, 0) is 6.54 Å². The van der Waals surface area contributed by atoms with E-state index in [1.165, 1.54) is 16.7 Å². The van der Waals surface area contributed by atoms with Crippen molar-refractivity contribution in [1.82, 2.24) is 24.4 Å². The number of nitro groups is 1. The third-order valence-electron chi connectivity index (χ3n) is 6.11. The summed E-state index contributed by atoms with van der Waals surface area (Å²) in [5, 5.41) is 11.1. The van der Waals surface area contributed by atoms with Gasteiger partial charge >= 0.3 is 5.69 Å². The van der Waals surface area contributed by atoms with Crippen LogP contribution in [0.25, 0.3) is 10.9 Å². The van der Waals surface area contributed by atoms with Gasteiger partial charge in [-0.2, -0.15) is 0 Å². The van der Waals surface area contributed by atoms with Crippen molar-refractivity contribution in [3.63, 3.8) is 0 Å². The average Bonchev–Trinajstić information content (AvgIpc) is 2.91. The summed E-state index contributed by atoms with van der Waals surface area (Å²) in [6, 6.07) is 12.5. The average molecular weight is 487 g/mol. The van der Waals surface area contributed by atoms with Crippen LogP contribution in [0, 0.1) is 10.1 Å². The molecule has 1 amide bonds. The van der Waals surface area contributed by atoms with E-state index in [0.717, 1.165) is 6.07 Å². The van der Waals surface area contributed by atoms with Gasteiger partial charge in [-0.3, -0.25) is 29.3 Å². The van der Waals surface area contributed by atoms with Crippen LogP contribution in [0.1, 0.15) is 15.9 Å². The topological polar surface area (TPSA) is 147 Å². The van der Waals surface area contributed by atoms with Gasteiger partial charge in [0.2, 0.25) is 5.95 Å². The van der Waals surface area contributed by atoms with Crippen molar-refractivity contribution in [2.24, 2.45) is 0 Å². The molecular weight excluding hydrogens is 466 g/mol. The summed E-state index contributed by atoms with van der Waals surface area (Å²) in [6.07, 6.45) is 3.37. The van der Waals surface area contributed by atoms with Crippen molar-refractivity contribution < 1.29 is 9.72 Å². The zero-order valence-corrected chi connectivity index (χ0v) is 19.0. The lowest BCUT2D eigenvalue weighted by molar-refractivity contribution is -0.384. The molecule has 1 N–H and O–H groups in total. The molecule has 0 atom stereocenters. The summed E-state index contributed by atoms with van der Waals surface area (Å²) in [5.74, 6) is 0.510. The minimum absolute atomic E-state index is 0.0382. The van der Waals surface area contributed by atoms with Gasteiger partial charge < -0.3 is 9.80 Å². The Morgan fingerprint density at radius 1 is 1.00 bits per heavy atom. The molecule has 182 valence electrons. The van der Waals surface area contributed by atoms with Gasteiger partial charge in [0.1, 0.15) is 0 Å². The van der Waals surface area contributed by atoms with Gasteiger partial charge in [-0.15, -0.1) is 0 Å². The molecule has 1 aliphatic rings. The minimum atomic E-state index is -0.695. The summed E-state index contributed by atoms with van der Waals surface area (Å²) in [6.45, 7) is 2.33. The number of benzene rings is 2. The minimum Gasteiger partial charge on any atom is -0.337 e. The van der Waals surface area contributed by atoms with Gasteiger partial charge in [0, 0.05) is 56.3 Å². The molecule has 0 unspecified atom stereocenters. The molecule has 36 heavy (non-hydrogen) atoms. The molecule has 1 fully saturated rings. The maximum absolute atomic E-state index is 13.2. The van der Waals surface area contributed by atoms with Crippen LogP contribution in [0.3, 0.4) is 0 Å². The maximum atomic E-state index is 13.2. The first kappa shape index (κ1) is 22.9. The SMILES string of the molecule is O=C(c1cccc(Cn2c(=O)[nH]c(=O)c3cc([N+](=O)[O-])ccc32)c1)N1CCN(c2ncccn2)CC1. The van der Waals surface area contributed by atoms with Crippen LogP contribution in [0.2, 0.25) is 0 Å². The second-order valence-electron chi connectivity index (χ2n) is 8.33. The summed E-state index contributed by atoms with van der Waals surface area (Å²) in [4.78, 5) is 63.0. The number of carbonyl (C=O) groups is 1. The van der Waals surface area contributed by atoms with E-state index < -0.39 is 16.2 Å². The highest BCUT2D eigenvalue weighted by molar-refractivity contribution is 5.94. The number of nitrogens with zero attached hydrogens (tertiary/aromatic N) is 6. The Morgan fingerprint density at radius 2 is 1.75 bits per heavy atom. The molecule has 0 bridgehead atoms. The lowest BCUT2D eigenvalue weighted by Crippen LogP contribution is -2.49. The Balaban J connectivity index is 1.37. The highest BCUT2D eigenvalue weighted by atomic mass is 16.6. The third kappa shape index (κ3) is 4.43. The molecule has 0 spiro atoms. The first-order valence-corrected chi connectivity index (χ1v) is 11.2. The molecule has 0 aliphatic carbocycles. The van der Waals surface area contributed by atoms with E-state index in [1.54, 1.807) is 47.6 Å². The Bertz CT molecular complexity index is 1570. The molecule has 12 nitrogen and oxygen atoms in total. The molecule has 1 saturated heterocycles. The van der Waals surface area contributed by atoms with E-state index >= 15 is 0 Å². The van der Waals surface area contributed by atoms with E-state index in [9.17, 15) is 24.5 Å².